The van der Waals surface area contributed by atoms with Crippen LogP contribution < -0.4 is 4.74 Å². The molecule has 0 saturated heterocycles. The van der Waals surface area contributed by atoms with Crippen molar-refractivity contribution in [3.8, 4) is 5.75 Å². The minimum Gasteiger partial charge on any atom is -0.493 e. The molecule has 106 valence electrons. The molecule has 1 aliphatic carbocycles. The maximum Gasteiger partial charge on any atom is 0.133 e. The largest absolute Gasteiger partial charge is 0.493 e. The first-order valence-electron chi connectivity index (χ1n) is 6.79. The summed E-state index contributed by atoms with van der Waals surface area (Å²) >= 11 is 10.3. The van der Waals surface area contributed by atoms with E-state index in [1.165, 1.54) is 5.56 Å². The lowest BCUT2D eigenvalue weighted by Crippen LogP contribution is -2.00. The number of benzene rings is 1. The topological polar surface area (TPSA) is 9.23 Å². The van der Waals surface area contributed by atoms with Crippen molar-refractivity contribution in [1.29, 1.82) is 0 Å². The molecule has 0 radical (unpaired) electrons. The Kier molecular flexibility index (Phi) is 3.97. The Balaban J connectivity index is 2.22. The van der Waals surface area contributed by atoms with Gasteiger partial charge in [-0.1, -0.05) is 33.8 Å². The smallest absolute Gasteiger partial charge is 0.133 e. The summed E-state index contributed by atoms with van der Waals surface area (Å²) in [5.41, 5.74) is 1.76. The van der Waals surface area contributed by atoms with Crippen LogP contribution in [0.1, 0.15) is 45.6 Å². The molecule has 0 N–H and O–H groups in total. The molecule has 1 aromatic rings. The lowest BCUT2D eigenvalue weighted by Gasteiger charge is -2.14. The highest BCUT2D eigenvalue weighted by atomic mass is 79.9. The van der Waals surface area contributed by atoms with Crippen LogP contribution in [0.3, 0.4) is 0 Å². The molecule has 0 spiro atoms. The second kappa shape index (κ2) is 4.96. The summed E-state index contributed by atoms with van der Waals surface area (Å²) in [6.07, 6.45) is 0. The lowest BCUT2D eigenvalue weighted by atomic mass is 10.0. The zero-order valence-corrected chi connectivity index (χ0v) is 14.6. The second-order valence-corrected chi connectivity index (χ2v) is 7.77. The first-order chi connectivity index (χ1) is 8.73. The fourth-order valence-electron chi connectivity index (χ4n) is 3.13. The van der Waals surface area contributed by atoms with E-state index in [1.807, 2.05) is 13.0 Å². The monoisotopic (exact) mass is 344 g/mol. The molecule has 1 saturated carbocycles. The quantitative estimate of drug-likeness (QED) is 0.626. The molecular weight excluding hydrogens is 324 g/mol. The molecule has 0 bridgehead atoms. The van der Waals surface area contributed by atoms with E-state index in [0.717, 1.165) is 10.2 Å². The van der Waals surface area contributed by atoms with Crippen molar-refractivity contribution < 1.29 is 4.74 Å². The summed E-state index contributed by atoms with van der Waals surface area (Å²) in [6, 6.07) is 6.17. The Morgan fingerprint density at radius 2 is 1.84 bits per heavy atom. The fourth-order valence-corrected chi connectivity index (χ4v) is 4.41. The second-order valence-electron chi connectivity index (χ2n) is 6.45. The molecule has 1 unspecified atom stereocenters. The first-order valence-corrected chi connectivity index (χ1v) is 8.02. The fraction of sp³-hybridized carbons (Fsp3) is 0.625. The third kappa shape index (κ3) is 2.42. The SMILES string of the molecule is CCOc1ccc(C(Cl)C2C(C)(C)C2(C)C)cc1Br. The Labute approximate surface area is 129 Å². The summed E-state index contributed by atoms with van der Waals surface area (Å²) in [5.74, 6) is 1.39. The van der Waals surface area contributed by atoms with Gasteiger partial charge < -0.3 is 4.74 Å². The lowest BCUT2D eigenvalue weighted by molar-refractivity contribution is 0.338. The van der Waals surface area contributed by atoms with Gasteiger partial charge in [0.15, 0.2) is 0 Å². The summed E-state index contributed by atoms with van der Waals surface area (Å²) < 4.78 is 6.52. The van der Waals surface area contributed by atoms with Crippen molar-refractivity contribution in [2.45, 2.75) is 40.0 Å². The van der Waals surface area contributed by atoms with Gasteiger partial charge in [0, 0.05) is 0 Å². The maximum atomic E-state index is 6.71. The number of rotatable bonds is 4. The van der Waals surface area contributed by atoms with E-state index in [4.69, 9.17) is 16.3 Å². The van der Waals surface area contributed by atoms with Crippen LogP contribution in [-0.2, 0) is 0 Å². The van der Waals surface area contributed by atoms with Crippen molar-refractivity contribution in [2.24, 2.45) is 16.7 Å². The van der Waals surface area contributed by atoms with E-state index >= 15 is 0 Å². The van der Waals surface area contributed by atoms with Crippen LogP contribution in [0.4, 0.5) is 0 Å². The van der Waals surface area contributed by atoms with E-state index in [2.05, 4.69) is 55.8 Å². The number of halogens is 2. The van der Waals surface area contributed by atoms with Crippen LogP contribution in [0.15, 0.2) is 22.7 Å². The maximum absolute atomic E-state index is 6.71. The number of hydrogen-bond donors (Lipinski definition) is 0. The molecular formula is C16H22BrClO. The number of alkyl halides is 1. The molecule has 0 amide bonds. The first kappa shape index (κ1) is 15.2. The van der Waals surface area contributed by atoms with Gasteiger partial charge in [0.2, 0.25) is 0 Å². The molecule has 0 heterocycles. The Morgan fingerprint density at radius 3 is 2.26 bits per heavy atom. The van der Waals surface area contributed by atoms with Gasteiger partial charge in [-0.05, 0) is 57.3 Å². The van der Waals surface area contributed by atoms with Gasteiger partial charge >= 0.3 is 0 Å². The van der Waals surface area contributed by atoms with Gasteiger partial charge in [0.1, 0.15) is 5.75 Å². The predicted octanol–water partition coefficient (Wildman–Crippen LogP) is 5.81. The Morgan fingerprint density at radius 1 is 1.26 bits per heavy atom. The predicted molar refractivity (Wildman–Crippen MR) is 85.0 cm³/mol. The van der Waals surface area contributed by atoms with Crippen molar-refractivity contribution in [2.75, 3.05) is 6.61 Å². The van der Waals surface area contributed by atoms with Crippen molar-refractivity contribution in [1.82, 2.24) is 0 Å². The molecule has 19 heavy (non-hydrogen) atoms. The van der Waals surface area contributed by atoms with Gasteiger partial charge in [-0.25, -0.2) is 0 Å². The molecule has 0 aliphatic heterocycles. The molecule has 1 aromatic carbocycles. The summed E-state index contributed by atoms with van der Waals surface area (Å²) in [6.45, 7) is 11.9. The summed E-state index contributed by atoms with van der Waals surface area (Å²) in [7, 11) is 0. The molecule has 1 nitrogen and oxygen atoms in total. The third-order valence-electron chi connectivity index (χ3n) is 5.00. The Hall–Kier alpha value is -0.210. The highest BCUT2D eigenvalue weighted by Crippen LogP contribution is 2.73. The third-order valence-corrected chi connectivity index (χ3v) is 6.12. The van der Waals surface area contributed by atoms with Crippen molar-refractivity contribution >= 4 is 27.5 Å². The highest BCUT2D eigenvalue weighted by Gasteiger charge is 2.67. The Bertz CT molecular complexity index is 468. The van der Waals surface area contributed by atoms with E-state index in [9.17, 15) is 0 Å². The molecule has 1 fully saturated rings. The number of hydrogen-bond acceptors (Lipinski definition) is 1. The van der Waals surface area contributed by atoms with Crippen LogP contribution in [-0.4, -0.2) is 6.61 Å². The van der Waals surface area contributed by atoms with E-state index in [-0.39, 0.29) is 5.38 Å². The molecule has 1 aliphatic rings. The molecule has 0 aromatic heterocycles. The number of ether oxygens (including phenoxy) is 1. The minimum absolute atomic E-state index is 0.0528. The summed E-state index contributed by atoms with van der Waals surface area (Å²) in [4.78, 5) is 0. The normalized spacial score (nSPS) is 22.1. The average molecular weight is 346 g/mol. The average Bonchev–Trinajstić information content (AvgIpc) is 2.72. The van der Waals surface area contributed by atoms with E-state index in [1.54, 1.807) is 0 Å². The van der Waals surface area contributed by atoms with Gasteiger partial charge in [-0.3, -0.25) is 0 Å². The molecule has 1 atom stereocenters. The van der Waals surface area contributed by atoms with Crippen LogP contribution >= 0.6 is 27.5 Å². The zero-order chi connectivity index (χ0) is 14.4. The van der Waals surface area contributed by atoms with E-state index in [0.29, 0.717) is 23.4 Å². The van der Waals surface area contributed by atoms with Crippen LogP contribution in [0.2, 0.25) is 0 Å². The highest BCUT2D eigenvalue weighted by molar-refractivity contribution is 9.10. The zero-order valence-electron chi connectivity index (χ0n) is 12.3. The van der Waals surface area contributed by atoms with Gasteiger partial charge in [0.25, 0.3) is 0 Å². The van der Waals surface area contributed by atoms with Gasteiger partial charge in [-0.2, -0.15) is 0 Å². The minimum atomic E-state index is 0.0528. The van der Waals surface area contributed by atoms with Crippen LogP contribution in [0.5, 0.6) is 5.75 Å². The van der Waals surface area contributed by atoms with Crippen molar-refractivity contribution in [3.63, 3.8) is 0 Å². The van der Waals surface area contributed by atoms with Crippen LogP contribution in [0.25, 0.3) is 0 Å². The van der Waals surface area contributed by atoms with Crippen LogP contribution in [0, 0.1) is 16.7 Å². The molecule has 2 rings (SSSR count). The molecule has 3 heteroatoms. The van der Waals surface area contributed by atoms with Crippen molar-refractivity contribution in [3.05, 3.63) is 28.2 Å². The van der Waals surface area contributed by atoms with E-state index < -0.39 is 0 Å². The van der Waals surface area contributed by atoms with Gasteiger partial charge in [0.05, 0.1) is 16.5 Å². The standard InChI is InChI=1S/C16H22BrClO/c1-6-19-12-8-7-10(9-11(12)17)13(18)14-15(2,3)16(14,4)5/h7-9,13-14H,6H2,1-5H3. The summed E-state index contributed by atoms with van der Waals surface area (Å²) in [5, 5.41) is 0.0528. The van der Waals surface area contributed by atoms with Gasteiger partial charge in [-0.15, -0.1) is 11.6 Å².